The van der Waals surface area contributed by atoms with Gasteiger partial charge in [0.05, 0.1) is 5.56 Å². The van der Waals surface area contributed by atoms with E-state index in [2.05, 4.69) is 0 Å². The number of amides is 3. The lowest BCUT2D eigenvalue weighted by Gasteiger charge is -2.34. The lowest BCUT2D eigenvalue weighted by molar-refractivity contribution is -0.132. The quantitative estimate of drug-likeness (QED) is 0.896. The first-order valence-corrected chi connectivity index (χ1v) is 8.57. The van der Waals surface area contributed by atoms with E-state index in [9.17, 15) is 14.4 Å². The predicted octanol–water partition coefficient (Wildman–Crippen LogP) is 1.46. The molecule has 0 radical (unpaired) electrons. The predicted molar refractivity (Wildman–Crippen MR) is 91.6 cm³/mol. The fourth-order valence-electron chi connectivity index (χ4n) is 3.51. The van der Waals surface area contributed by atoms with E-state index in [1.54, 1.807) is 39.9 Å². The van der Waals surface area contributed by atoms with Crippen molar-refractivity contribution in [3.8, 4) is 0 Å². The molecule has 1 aromatic rings. The van der Waals surface area contributed by atoms with E-state index >= 15 is 0 Å². The van der Waals surface area contributed by atoms with Gasteiger partial charge in [0, 0.05) is 39.1 Å². The number of hydrogen-bond acceptors (Lipinski definition) is 3. The Hall–Kier alpha value is -2.57. The molecule has 2 saturated heterocycles. The van der Waals surface area contributed by atoms with Gasteiger partial charge in [0.15, 0.2) is 0 Å². The second-order valence-electron chi connectivity index (χ2n) is 6.74. The molecule has 2 heterocycles. The molecule has 0 unspecified atom stereocenters. The number of carbonyl (C=O) groups excluding carboxylic acids is 2. The zero-order valence-electron chi connectivity index (χ0n) is 14.4. The van der Waals surface area contributed by atoms with Crippen LogP contribution in [-0.4, -0.2) is 77.5 Å². The van der Waals surface area contributed by atoms with Crippen LogP contribution in [0.15, 0.2) is 24.3 Å². The van der Waals surface area contributed by atoms with Crippen LogP contribution in [0.5, 0.6) is 0 Å². The fourth-order valence-corrected chi connectivity index (χ4v) is 3.51. The van der Waals surface area contributed by atoms with Crippen LogP contribution in [0.4, 0.5) is 4.79 Å². The molecule has 3 amide bonds. The number of aromatic carboxylic acids is 1. The Kier molecular flexibility index (Phi) is 4.92. The Morgan fingerprint density at radius 2 is 2.04 bits per heavy atom. The lowest BCUT2D eigenvalue weighted by Crippen LogP contribution is -2.45. The topological polar surface area (TPSA) is 81.2 Å². The number of nitrogens with zero attached hydrogens (tertiary/aromatic N) is 3. The molecule has 0 aromatic heterocycles. The molecule has 3 rings (SSSR count). The van der Waals surface area contributed by atoms with Crippen LogP contribution in [0.1, 0.15) is 34.7 Å². The fraction of sp³-hybridized carbons (Fsp3) is 0.500. The highest BCUT2D eigenvalue weighted by Crippen LogP contribution is 2.27. The van der Waals surface area contributed by atoms with E-state index in [0.29, 0.717) is 26.2 Å². The van der Waals surface area contributed by atoms with Crippen molar-refractivity contribution in [2.24, 2.45) is 0 Å². The Morgan fingerprint density at radius 3 is 2.72 bits per heavy atom. The van der Waals surface area contributed by atoms with E-state index in [-0.39, 0.29) is 30.0 Å². The van der Waals surface area contributed by atoms with Crippen molar-refractivity contribution in [1.29, 1.82) is 0 Å². The Balaban J connectivity index is 1.65. The number of hydrogen-bond donors (Lipinski definition) is 1. The highest BCUT2D eigenvalue weighted by molar-refractivity contribution is 5.88. The van der Waals surface area contributed by atoms with E-state index < -0.39 is 5.97 Å². The summed E-state index contributed by atoms with van der Waals surface area (Å²) in [6, 6.07) is 6.84. The molecule has 0 saturated carbocycles. The van der Waals surface area contributed by atoms with E-state index in [1.165, 1.54) is 0 Å². The van der Waals surface area contributed by atoms with Crippen LogP contribution in [0.25, 0.3) is 0 Å². The van der Waals surface area contributed by atoms with Gasteiger partial charge in [-0.15, -0.1) is 0 Å². The lowest BCUT2D eigenvalue weighted by atomic mass is 9.89. The van der Waals surface area contributed by atoms with Crippen LogP contribution in [-0.2, 0) is 4.79 Å². The molecule has 1 aromatic carbocycles. The maximum absolute atomic E-state index is 12.6. The molecule has 1 atom stereocenters. The first-order valence-electron chi connectivity index (χ1n) is 8.57. The number of carboxylic acids is 1. The average Bonchev–Trinajstić information content (AvgIpc) is 2.94. The summed E-state index contributed by atoms with van der Waals surface area (Å²) in [5.41, 5.74) is 1.22. The van der Waals surface area contributed by atoms with Gasteiger partial charge in [-0.3, -0.25) is 4.79 Å². The molecule has 7 nitrogen and oxygen atoms in total. The first-order chi connectivity index (χ1) is 12.0. The molecule has 2 aliphatic heterocycles. The van der Waals surface area contributed by atoms with Gasteiger partial charge in [-0.05, 0) is 30.5 Å². The number of rotatable bonds is 4. The van der Waals surface area contributed by atoms with E-state index in [4.69, 9.17) is 5.11 Å². The zero-order valence-corrected chi connectivity index (χ0v) is 14.4. The number of benzene rings is 1. The Morgan fingerprint density at radius 1 is 1.24 bits per heavy atom. The first kappa shape index (κ1) is 17.3. The summed E-state index contributed by atoms with van der Waals surface area (Å²) in [5.74, 6) is -0.848. The zero-order chi connectivity index (χ0) is 18.0. The molecule has 25 heavy (non-hydrogen) atoms. The second-order valence-corrected chi connectivity index (χ2v) is 6.74. The number of likely N-dealkylation sites (tertiary alicyclic amines) is 1. The van der Waals surface area contributed by atoms with Crippen molar-refractivity contribution in [3.63, 3.8) is 0 Å². The van der Waals surface area contributed by atoms with Crippen molar-refractivity contribution in [1.82, 2.24) is 14.7 Å². The van der Waals surface area contributed by atoms with Gasteiger partial charge in [-0.1, -0.05) is 12.1 Å². The molecule has 0 bridgehead atoms. The van der Waals surface area contributed by atoms with Gasteiger partial charge < -0.3 is 19.8 Å². The summed E-state index contributed by atoms with van der Waals surface area (Å²) in [6.07, 6.45) is 1.81. The van der Waals surface area contributed by atoms with Crippen LogP contribution in [0, 0.1) is 0 Å². The normalized spacial score (nSPS) is 20.9. The van der Waals surface area contributed by atoms with Crippen molar-refractivity contribution < 1.29 is 19.5 Å². The van der Waals surface area contributed by atoms with E-state index in [0.717, 1.165) is 18.4 Å². The van der Waals surface area contributed by atoms with Gasteiger partial charge in [0.25, 0.3) is 0 Å². The number of likely N-dealkylation sites (N-methyl/N-ethyl adjacent to an activating group) is 1. The molecule has 1 N–H and O–H groups in total. The molecule has 134 valence electrons. The highest BCUT2D eigenvalue weighted by atomic mass is 16.4. The molecule has 0 aliphatic carbocycles. The third-order valence-corrected chi connectivity index (χ3v) is 5.01. The van der Waals surface area contributed by atoms with Crippen LogP contribution in [0.3, 0.4) is 0 Å². The molecular weight excluding hydrogens is 322 g/mol. The van der Waals surface area contributed by atoms with Gasteiger partial charge in [-0.2, -0.15) is 0 Å². The second kappa shape index (κ2) is 7.13. The number of urea groups is 1. The van der Waals surface area contributed by atoms with Crippen LogP contribution in [0.2, 0.25) is 0 Å². The summed E-state index contributed by atoms with van der Waals surface area (Å²) in [5, 5.41) is 9.15. The largest absolute Gasteiger partial charge is 0.478 e. The summed E-state index contributed by atoms with van der Waals surface area (Å²) in [7, 11) is 1.74. The maximum Gasteiger partial charge on any atom is 0.335 e. The number of piperidine rings is 1. The number of carbonyl (C=O) groups is 3. The maximum atomic E-state index is 12.6. The minimum absolute atomic E-state index is 0.0391. The van der Waals surface area contributed by atoms with Crippen LogP contribution >= 0.6 is 0 Å². The third kappa shape index (κ3) is 3.75. The molecular formula is C18H23N3O4. The molecule has 7 heteroatoms. The van der Waals surface area contributed by atoms with Gasteiger partial charge in [-0.25, -0.2) is 9.59 Å². The highest BCUT2D eigenvalue weighted by Gasteiger charge is 2.30. The smallest absolute Gasteiger partial charge is 0.335 e. The summed E-state index contributed by atoms with van der Waals surface area (Å²) in [6.45, 7) is 2.60. The standard InChI is InChI=1S/C18H23N3O4/c1-19-8-9-21(18(19)25)12-16(22)20-7-3-6-15(11-20)13-4-2-5-14(10-13)17(23)24/h2,4-5,10,15H,3,6-9,11-12H2,1H3,(H,23,24)/t15-/m1/s1. The average molecular weight is 345 g/mol. The Labute approximate surface area is 146 Å². The summed E-state index contributed by atoms with van der Waals surface area (Å²) >= 11 is 0. The minimum atomic E-state index is -0.942. The monoisotopic (exact) mass is 345 g/mol. The van der Waals surface area contributed by atoms with Gasteiger partial charge in [0.2, 0.25) is 5.91 Å². The van der Waals surface area contributed by atoms with Crippen molar-refractivity contribution in [3.05, 3.63) is 35.4 Å². The third-order valence-electron chi connectivity index (χ3n) is 5.01. The molecule has 0 spiro atoms. The summed E-state index contributed by atoms with van der Waals surface area (Å²) in [4.78, 5) is 40.7. The summed E-state index contributed by atoms with van der Waals surface area (Å²) < 4.78 is 0. The van der Waals surface area contributed by atoms with Gasteiger partial charge in [0.1, 0.15) is 6.54 Å². The number of carboxylic acid groups (broad SMARTS) is 1. The van der Waals surface area contributed by atoms with Gasteiger partial charge >= 0.3 is 12.0 Å². The van der Waals surface area contributed by atoms with Crippen molar-refractivity contribution in [2.45, 2.75) is 18.8 Å². The molecule has 2 aliphatic rings. The minimum Gasteiger partial charge on any atom is -0.478 e. The van der Waals surface area contributed by atoms with Crippen molar-refractivity contribution >= 4 is 17.9 Å². The SMILES string of the molecule is CN1CCN(CC(=O)N2CCC[C@@H](c3cccc(C(=O)O)c3)C2)C1=O. The molecule has 2 fully saturated rings. The van der Waals surface area contributed by atoms with E-state index in [1.807, 2.05) is 6.07 Å². The van der Waals surface area contributed by atoms with Crippen molar-refractivity contribution in [2.75, 3.05) is 39.8 Å². The van der Waals surface area contributed by atoms with Crippen LogP contribution < -0.4 is 0 Å². The Bertz CT molecular complexity index is 691.